The summed E-state index contributed by atoms with van der Waals surface area (Å²) in [5.41, 5.74) is -1.99. The summed E-state index contributed by atoms with van der Waals surface area (Å²) in [5.74, 6) is 2.46. The Hall–Kier alpha value is -2.80. The maximum atomic E-state index is 12.0. The van der Waals surface area contributed by atoms with Crippen LogP contribution in [0.5, 0.6) is 0 Å². The second-order valence-electron chi connectivity index (χ2n) is 5.87. The lowest BCUT2D eigenvalue weighted by atomic mass is 10.0. The molecule has 0 saturated carbocycles. The van der Waals surface area contributed by atoms with Gasteiger partial charge in [-0.25, -0.2) is 4.68 Å². The standard InChI is InChI=1S/C15H18N6O4/c1-2-3-4-15(18-19-15)5-6-16-12(22)9-21-14(24)13(23)20-7-8-25-10-11(20)17-21/h1H,3-10H2,(H,16,22). The van der Waals surface area contributed by atoms with Crippen LogP contribution in [0.1, 0.15) is 25.1 Å². The molecule has 25 heavy (non-hydrogen) atoms. The van der Waals surface area contributed by atoms with Crippen molar-refractivity contribution in [3.63, 3.8) is 0 Å². The monoisotopic (exact) mass is 346 g/mol. The van der Waals surface area contributed by atoms with Crippen LogP contribution in [-0.2, 0) is 29.2 Å². The van der Waals surface area contributed by atoms with Gasteiger partial charge in [0.2, 0.25) is 5.91 Å². The molecule has 0 bridgehead atoms. The molecule has 2 aliphatic rings. The Balaban J connectivity index is 1.57. The van der Waals surface area contributed by atoms with Crippen LogP contribution >= 0.6 is 0 Å². The third kappa shape index (κ3) is 3.83. The molecule has 1 amide bonds. The minimum Gasteiger partial charge on any atom is -0.372 e. The molecule has 0 atom stereocenters. The van der Waals surface area contributed by atoms with Gasteiger partial charge in [-0.15, -0.1) is 12.3 Å². The zero-order valence-corrected chi connectivity index (χ0v) is 13.6. The summed E-state index contributed by atoms with van der Waals surface area (Å²) in [6.07, 6.45) is 6.99. The van der Waals surface area contributed by atoms with Gasteiger partial charge in [0.25, 0.3) is 0 Å². The van der Waals surface area contributed by atoms with E-state index < -0.39 is 22.7 Å². The molecule has 3 rings (SSSR count). The van der Waals surface area contributed by atoms with Crippen LogP contribution in [0, 0.1) is 12.3 Å². The molecule has 0 spiro atoms. The van der Waals surface area contributed by atoms with E-state index in [1.165, 1.54) is 4.57 Å². The molecule has 1 N–H and O–H groups in total. The number of fused-ring (bicyclic) bond motifs is 1. The maximum absolute atomic E-state index is 12.0. The lowest BCUT2D eigenvalue weighted by Gasteiger charge is -2.18. The highest BCUT2D eigenvalue weighted by atomic mass is 16.5. The summed E-state index contributed by atoms with van der Waals surface area (Å²) in [6, 6.07) is 0. The summed E-state index contributed by atoms with van der Waals surface area (Å²) in [5, 5.41) is 14.7. The van der Waals surface area contributed by atoms with Gasteiger partial charge in [-0.1, -0.05) is 0 Å². The third-order valence-corrected chi connectivity index (χ3v) is 4.09. The highest BCUT2D eigenvalue weighted by molar-refractivity contribution is 5.75. The lowest BCUT2D eigenvalue weighted by molar-refractivity contribution is -0.122. The third-order valence-electron chi connectivity index (χ3n) is 4.09. The number of aromatic nitrogens is 3. The normalized spacial score (nSPS) is 16.8. The number of nitrogens with zero attached hydrogens (tertiary/aromatic N) is 5. The molecule has 0 aliphatic carbocycles. The summed E-state index contributed by atoms with van der Waals surface area (Å²) >= 11 is 0. The fraction of sp³-hybridized carbons (Fsp3) is 0.600. The van der Waals surface area contributed by atoms with Crippen molar-refractivity contribution in [1.82, 2.24) is 19.7 Å². The van der Waals surface area contributed by atoms with Crippen molar-refractivity contribution in [3.8, 4) is 12.3 Å². The Morgan fingerprint density at radius 1 is 1.32 bits per heavy atom. The first kappa shape index (κ1) is 17.0. The molecular weight excluding hydrogens is 328 g/mol. The van der Waals surface area contributed by atoms with Crippen molar-refractivity contribution >= 4 is 5.91 Å². The van der Waals surface area contributed by atoms with Gasteiger partial charge in [-0.3, -0.25) is 19.0 Å². The van der Waals surface area contributed by atoms with Crippen LogP contribution in [-0.4, -0.2) is 39.1 Å². The van der Waals surface area contributed by atoms with E-state index in [0.29, 0.717) is 38.2 Å². The number of rotatable bonds is 7. The van der Waals surface area contributed by atoms with Crippen molar-refractivity contribution < 1.29 is 9.53 Å². The molecule has 3 heterocycles. The summed E-state index contributed by atoms with van der Waals surface area (Å²) in [7, 11) is 0. The maximum Gasteiger partial charge on any atom is 0.333 e. The average Bonchev–Trinajstić information content (AvgIpc) is 3.38. The predicted octanol–water partition coefficient (Wildman–Crippen LogP) is -0.983. The zero-order valence-electron chi connectivity index (χ0n) is 13.6. The van der Waals surface area contributed by atoms with E-state index in [1.807, 2.05) is 0 Å². The van der Waals surface area contributed by atoms with E-state index in [1.54, 1.807) is 0 Å². The van der Waals surface area contributed by atoms with Gasteiger partial charge in [-0.05, 0) is 0 Å². The van der Waals surface area contributed by atoms with Gasteiger partial charge in [-0.2, -0.15) is 15.3 Å². The van der Waals surface area contributed by atoms with Gasteiger partial charge < -0.3 is 10.1 Å². The number of hydrogen-bond donors (Lipinski definition) is 1. The summed E-state index contributed by atoms with van der Waals surface area (Å²) in [4.78, 5) is 36.1. The predicted molar refractivity (Wildman–Crippen MR) is 85.7 cm³/mol. The van der Waals surface area contributed by atoms with Gasteiger partial charge >= 0.3 is 11.1 Å². The number of nitrogens with one attached hydrogen (secondary N) is 1. The molecule has 132 valence electrons. The van der Waals surface area contributed by atoms with Crippen molar-refractivity contribution in [2.45, 2.75) is 44.6 Å². The fourth-order valence-electron chi connectivity index (χ4n) is 2.61. The van der Waals surface area contributed by atoms with Crippen LogP contribution in [0.3, 0.4) is 0 Å². The first-order chi connectivity index (χ1) is 12.0. The Kier molecular flexibility index (Phi) is 4.76. The zero-order chi connectivity index (χ0) is 17.9. The van der Waals surface area contributed by atoms with Crippen LogP contribution in [0.25, 0.3) is 0 Å². The quantitative estimate of drug-likeness (QED) is 0.502. The van der Waals surface area contributed by atoms with Crippen molar-refractivity contribution in [3.05, 3.63) is 26.5 Å². The highest BCUT2D eigenvalue weighted by Crippen LogP contribution is 2.35. The van der Waals surface area contributed by atoms with Gasteiger partial charge in [0, 0.05) is 25.8 Å². The molecule has 0 saturated heterocycles. The van der Waals surface area contributed by atoms with E-state index in [2.05, 4.69) is 26.6 Å². The molecule has 10 heteroatoms. The van der Waals surface area contributed by atoms with E-state index in [4.69, 9.17) is 11.2 Å². The molecule has 2 aliphatic heterocycles. The van der Waals surface area contributed by atoms with E-state index in [0.717, 1.165) is 4.68 Å². The molecule has 1 aromatic rings. The Morgan fingerprint density at radius 3 is 2.84 bits per heavy atom. The van der Waals surface area contributed by atoms with Crippen LogP contribution in [0.2, 0.25) is 0 Å². The Labute approximate surface area is 142 Å². The van der Waals surface area contributed by atoms with E-state index >= 15 is 0 Å². The molecule has 0 unspecified atom stereocenters. The van der Waals surface area contributed by atoms with Gasteiger partial charge in [0.05, 0.1) is 13.2 Å². The number of hydrogen-bond acceptors (Lipinski definition) is 7. The number of carbonyl (C=O) groups excluding carboxylic acids is 1. The highest BCUT2D eigenvalue weighted by Gasteiger charge is 2.38. The first-order valence-electron chi connectivity index (χ1n) is 7.97. The summed E-state index contributed by atoms with van der Waals surface area (Å²) < 4.78 is 7.38. The number of ether oxygens (including phenoxy) is 1. The largest absolute Gasteiger partial charge is 0.372 e. The van der Waals surface area contributed by atoms with Gasteiger partial charge in [0.15, 0.2) is 11.5 Å². The van der Waals surface area contributed by atoms with Crippen molar-refractivity contribution in [2.24, 2.45) is 10.2 Å². The molecule has 0 aromatic carbocycles. The topological polar surface area (TPSA) is 120 Å². The molecule has 10 nitrogen and oxygen atoms in total. The molecular formula is C15H18N6O4. The van der Waals surface area contributed by atoms with Crippen LogP contribution in [0.4, 0.5) is 0 Å². The second kappa shape index (κ2) is 6.98. The Morgan fingerprint density at radius 2 is 2.12 bits per heavy atom. The lowest BCUT2D eigenvalue weighted by Crippen LogP contribution is -2.48. The first-order valence-corrected chi connectivity index (χ1v) is 7.97. The minimum atomic E-state index is -0.821. The molecule has 0 radical (unpaired) electrons. The molecule has 0 fully saturated rings. The van der Waals surface area contributed by atoms with Crippen molar-refractivity contribution in [2.75, 3.05) is 13.2 Å². The van der Waals surface area contributed by atoms with E-state index in [-0.39, 0.29) is 19.7 Å². The smallest absolute Gasteiger partial charge is 0.333 e. The van der Waals surface area contributed by atoms with Crippen molar-refractivity contribution in [1.29, 1.82) is 0 Å². The number of amides is 1. The number of carbonyl (C=O) groups is 1. The number of terminal acetylenes is 1. The second-order valence-corrected chi connectivity index (χ2v) is 5.87. The van der Waals surface area contributed by atoms with Gasteiger partial charge in [0.1, 0.15) is 13.2 Å². The Bertz CT molecular complexity index is 856. The van der Waals surface area contributed by atoms with Crippen LogP contribution < -0.4 is 16.4 Å². The molecule has 1 aromatic heterocycles. The SMILES string of the molecule is C#CCCC1(CCNC(=O)Cn2nc3n(c(=O)c2=O)CCOC3)N=N1. The average molecular weight is 346 g/mol. The van der Waals surface area contributed by atoms with Crippen LogP contribution in [0.15, 0.2) is 19.8 Å². The van der Waals surface area contributed by atoms with E-state index in [9.17, 15) is 14.4 Å². The summed E-state index contributed by atoms with van der Waals surface area (Å²) in [6.45, 7) is 0.801. The minimum absolute atomic E-state index is 0.137. The fourth-order valence-corrected chi connectivity index (χ4v) is 2.61.